The third-order valence-electron chi connectivity index (χ3n) is 4.69. The summed E-state index contributed by atoms with van der Waals surface area (Å²) in [7, 11) is 3.58. The number of rotatable bonds is 5. The fraction of sp³-hybridized carbons (Fsp3) is 0.286. The summed E-state index contributed by atoms with van der Waals surface area (Å²) in [5.74, 6) is 0.0167. The third kappa shape index (κ3) is 3.84. The van der Waals surface area contributed by atoms with Gasteiger partial charge in [-0.1, -0.05) is 6.07 Å². The van der Waals surface area contributed by atoms with Crippen molar-refractivity contribution in [2.24, 2.45) is 0 Å². The van der Waals surface area contributed by atoms with Crippen LogP contribution in [0, 0.1) is 12.7 Å². The molecule has 1 aliphatic heterocycles. The van der Waals surface area contributed by atoms with Gasteiger partial charge in [0, 0.05) is 24.3 Å². The van der Waals surface area contributed by atoms with Crippen molar-refractivity contribution >= 4 is 17.5 Å². The van der Waals surface area contributed by atoms with E-state index in [0.717, 1.165) is 47.4 Å². The van der Waals surface area contributed by atoms with Crippen LogP contribution in [0.5, 0.6) is 0 Å². The van der Waals surface area contributed by atoms with Crippen LogP contribution in [0.15, 0.2) is 36.4 Å². The fourth-order valence-electron chi connectivity index (χ4n) is 3.48. The number of nitrogens with zero attached hydrogens (tertiary/aromatic N) is 4. The summed E-state index contributed by atoms with van der Waals surface area (Å²) in [4.78, 5) is 23.2. The number of benzene rings is 1. The van der Waals surface area contributed by atoms with E-state index in [9.17, 15) is 9.18 Å². The van der Waals surface area contributed by atoms with Crippen LogP contribution >= 0.6 is 0 Å². The van der Waals surface area contributed by atoms with Crippen molar-refractivity contribution in [1.29, 1.82) is 0 Å². The molecule has 4 rings (SSSR count). The van der Waals surface area contributed by atoms with Crippen LogP contribution < -0.4 is 10.6 Å². The number of amides is 1. The predicted octanol–water partition coefficient (Wildman–Crippen LogP) is 2.99. The highest BCUT2D eigenvalue weighted by Crippen LogP contribution is 2.36. The molecule has 150 valence electrons. The van der Waals surface area contributed by atoms with Gasteiger partial charge in [-0.05, 0) is 51.4 Å². The summed E-state index contributed by atoms with van der Waals surface area (Å²) in [5, 5.41) is 5.93. The van der Waals surface area contributed by atoms with Gasteiger partial charge in [0.05, 0.1) is 23.6 Å². The minimum absolute atomic E-state index is 0.152. The molecule has 0 saturated carbocycles. The molecule has 0 atom stereocenters. The van der Waals surface area contributed by atoms with E-state index in [4.69, 9.17) is 4.98 Å². The summed E-state index contributed by atoms with van der Waals surface area (Å²) in [6.07, 6.45) is 0. The molecular weight excluding hydrogens is 371 g/mol. The Balaban J connectivity index is 1.79. The summed E-state index contributed by atoms with van der Waals surface area (Å²) in [6.45, 7) is 3.64. The summed E-state index contributed by atoms with van der Waals surface area (Å²) in [6, 6.07) is 10.5. The summed E-state index contributed by atoms with van der Waals surface area (Å²) < 4.78 is 16.5. The number of carbonyl (C=O) groups is 1. The second-order valence-corrected chi connectivity index (χ2v) is 7.36. The van der Waals surface area contributed by atoms with Gasteiger partial charge in [0.1, 0.15) is 11.5 Å². The van der Waals surface area contributed by atoms with Crippen LogP contribution in [-0.2, 0) is 11.3 Å². The lowest BCUT2D eigenvalue weighted by atomic mass is 10.1. The quantitative estimate of drug-likeness (QED) is 0.696. The molecule has 0 saturated heterocycles. The molecule has 1 amide bonds. The molecule has 0 radical (unpaired) electrons. The normalized spacial score (nSPS) is 12.7. The van der Waals surface area contributed by atoms with E-state index in [1.165, 1.54) is 6.07 Å². The van der Waals surface area contributed by atoms with Gasteiger partial charge in [0.2, 0.25) is 11.9 Å². The highest BCUT2D eigenvalue weighted by molar-refractivity contribution is 5.93. The van der Waals surface area contributed by atoms with Gasteiger partial charge in [0.25, 0.3) is 0 Å². The molecule has 0 unspecified atom stereocenters. The number of halogens is 1. The number of carbonyl (C=O) groups excluding carboxylic acids is 1. The Morgan fingerprint density at radius 3 is 2.86 bits per heavy atom. The average molecular weight is 394 g/mol. The highest BCUT2D eigenvalue weighted by Gasteiger charge is 2.24. The molecule has 2 N–H and O–H groups in total. The largest absolute Gasteiger partial charge is 0.354 e. The topological polar surface area (TPSA) is 75.1 Å². The zero-order valence-corrected chi connectivity index (χ0v) is 16.7. The Morgan fingerprint density at radius 1 is 1.28 bits per heavy atom. The van der Waals surface area contributed by atoms with E-state index < -0.39 is 5.82 Å². The van der Waals surface area contributed by atoms with Crippen molar-refractivity contribution in [3.8, 4) is 22.6 Å². The zero-order chi connectivity index (χ0) is 20.5. The third-order valence-corrected chi connectivity index (χ3v) is 4.69. The first-order chi connectivity index (χ1) is 13.9. The molecular formula is C21H23FN6O. The van der Waals surface area contributed by atoms with Crippen LogP contribution in [0.3, 0.4) is 0 Å². The second kappa shape index (κ2) is 7.63. The van der Waals surface area contributed by atoms with E-state index in [-0.39, 0.29) is 18.1 Å². The first kappa shape index (κ1) is 19.1. The molecule has 29 heavy (non-hydrogen) atoms. The fourth-order valence-corrected chi connectivity index (χ4v) is 3.48. The maximum absolute atomic E-state index is 14.4. The Bertz CT molecular complexity index is 1080. The molecule has 8 heteroatoms. The minimum atomic E-state index is -0.477. The molecule has 0 spiro atoms. The van der Waals surface area contributed by atoms with Gasteiger partial charge >= 0.3 is 0 Å². The van der Waals surface area contributed by atoms with Gasteiger partial charge in [0.15, 0.2) is 0 Å². The Labute approximate surface area is 168 Å². The Hall–Kier alpha value is -3.26. The van der Waals surface area contributed by atoms with Crippen LogP contribution in [0.1, 0.15) is 5.69 Å². The molecule has 7 nitrogen and oxygen atoms in total. The standard InChI is InChI=1S/C21H23FN6O/c1-13-5-4-6-16(24-13)19-20(28-10-9-23-21(28)26-19)14-7-8-15(22)17(11-14)25-18(29)12-27(2)3/h4-8,11H,9-10,12H2,1-3H3,(H,23,26)(H,25,29). The minimum Gasteiger partial charge on any atom is -0.354 e. The van der Waals surface area contributed by atoms with Crippen molar-refractivity contribution in [2.75, 3.05) is 37.8 Å². The number of hydrogen-bond acceptors (Lipinski definition) is 5. The number of aryl methyl sites for hydroxylation is 1. The number of fused-ring (bicyclic) bond motifs is 1. The number of likely N-dealkylation sites (N-methyl/N-ethyl adjacent to an activating group) is 1. The number of pyridine rings is 1. The molecule has 0 aliphatic carbocycles. The summed E-state index contributed by atoms with van der Waals surface area (Å²) in [5.41, 5.74) is 4.15. The van der Waals surface area contributed by atoms with Crippen LogP contribution in [-0.4, -0.2) is 52.5 Å². The van der Waals surface area contributed by atoms with Gasteiger partial charge < -0.3 is 20.1 Å². The monoisotopic (exact) mass is 394 g/mol. The molecule has 3 aromatic rings. The smallest absolute Gasteiger partial charge is 0.238 e. The molecule has 1 aliphatic rings. The van der Waals surface area contributed by atoms with E-state index in [2.05, 4.69) is 20.2 Å². The van der Waals surface area contributed by atoms with Gasteiger partial charge in [-0.25, -0.2) is 9.37 Å². The number of nitrogens with one attached hydrogen (secondary N) is 2. The zero-order valence-electron chi connectivity index (χ0n) is 16.7. The SMILES string of the molecule is Cc1cccc(-c2nc3n(c2-c2ccc(F)c(NC(=O)CN(C)C)c2)CCN3)n1. The molecule has 0 bridgehead atoms. The number of hydrogen-bond donors (Lipinski definition) is 2. The number of imidazole rings is 1. The van der Waals surface area contributed by atoms with Gasteiger partial charge in [-0.2, -0.15) is 0 Å². The Morgan fingerprint density at radius 2 is 2.10 bits per heavy atom. The summed E-state index contributed by atoms with van der Waals surface area (Å²) >= 11 is 0. The van der Waals surface area contributed by atoms with Crippen molar-refractivity contribution in [2.45, 2.75) is 13.5 Å². The van der Waals surface area contributed by atoms with Crippen LogP contribution in [0.25, 0.3) is 22.6 Å². The van der Waals surface area contributed by atoms with Crippen molar-refractivity contribution in [3.63, 3.8) is 0 Å². The lowest BCUT2D eigenvalue weighted by Crippen LogP contribution is -2.27. The first-order valence-corrected chi connectivity index (χ1v) is 9.45. The average Bonchev–Trinajstić information content (AvgIpc) is 3.24. The molecule has 2 aromatic heterocycles. The molecule has 0 fully saturated rings. The lowest BCUT2D eigenvalue weighted by Gasteiger charge is -2.13. The van der Waals surface area contributed by atoms with Gasteiger partial charge in [-0.15, -0.1) is 0 Å². The van der Waals surface area contributed by atoms with E-state index in [1.54, 1.807) is 31.1 Å². The van der Waals surface area contributed by atoms with Crippen molar-refractivity contribution in [3.05, 3.63) is 47.9 Å². The molecule has 3 heterocycles. The predicted molar refractivity (Wildman–Crippen MR) is 111 cm³/mol. The van der Waals surface area contributed by atoms with E-state index >= 15 is 0 Å². The maximum atomic E-state index is 14.4. The van der Waals surface area contributed by atoms with Crippen LogP contribution in [0.2, 0.25) is 0 Å². The second-order valence-electron chi connectivity index (χ2n) is 7.36. The maximum Gasteiger partial charge on any atom is 0.238 e. The van der Waals surface area contributed by atoms with E-state index in [0.29, 0.717) is 0 Å². The van der Waals surface area contributed by atoms with Crippen molar-refractivity contribution < 1.29 is 9.18 Å². The van der Waals surface area contributed by atoms with Crippen molar-refractivity contribution in [1.82, 2.24) is 19.4 Å². The number of aromatic nitrogens is 3. The highest BCUT2D eigenvalue weighted by atomic mass is 19.1. The molecule has 1 aromatic carbocycles. The van der Waals surface area contributed by atoms with Gasteiger partial charge in [-0.3, -0.25) is 9.78 Å². The van der Waals surface area contributed by atoms with Crippen LogP contribution in [0.4, 0.5) is 16.0 Å². The number of anilines is 2. The van der Waals surface area contributed by atoms with E-state index in [1.807, 2.05) is 25.1 Å². The lowest BCUT2D eigenvalue weighted by molar-refractivity contribution is -0.116. The Kier molecular flexibility index (Phi) is 5.02. The first-order valence-electron chi connectivity index (χ1n) is 9.45.